The van der Waals surface area contributed by atoms with Gasteiger partial charge in [0, 0.05) is 29.2 Å². The minimum Gasteiger partial charge on any atom is -0.508 e. The van der Waals surface area contributed by atoms with E-state index in [4.69, 9.17) is 4.74 Å². The number of ketones is 1. The van der Waals surface area contributed by atoms with Gasteiger partial charge in [0.25, 0.3) is 0 Å². The second-order valence-corrected chi connectivity index (χ2v) is 7.89. The minimum atomic E-state index is -1.57. The van der Waals surface area contributed by atoms with Crippen LogP contribution in [0.3, 0.4) is 0 Å². The number of phenolic OH excluding ortho intramolecular Hbond substituents is 3. The standard InChI is InChI=1S/C23H16O6/c24-10-5-6-11-12(7-10)22-21-20-18(11)14(25)8-15(26)19(20)16(27)9-23(21,28)13-3-1-2-4-17(13)29-22/h1-8,21-22,24-26,28H,9H2. The van der Waals surface area contributed by atoms with Crippen LogP contribution in [0.25, 0.3) is 11.1 Å². The second-order valence-electron chi connectivity index (χ2n) is 7.89. The number of Topliss-reactive ketones (excluding diaryl/α,β-unsaturated/α-hetero) is 1. The summed E-state index contributed by atoms with van der Waals surface area (Å²) in [5, 5.41) is 43.1. The molecule has 3 unspecified atom stereocenters. The highest BCUT2D eigenvalue weighted by Gasteiger charge is 2.58. The van der Waals surface area contributed by atoms with Crippen LogP contribution < -0.4 is 4.74 Å². The molecule has 3 aromatic rings. The maximum absolute atomic E-state index is 13.1. The van der Waals surface area contributed by atoms with Crippen LogP contribution in [0.5, 0.6) is 23.0 Å². The Bertz CT molecular complexity index is 1250. The van der Waals surface area contributed by atoms with Crippen LogP contribution in [0.15, 0.2) is 48.5 Å². The lowest BCUT2D eigenvalue weighted by Crippen LogP contribution is -2.48. The van der Waals surface area contributed by atoms with Crippen molar-refractivity contribution < 1.29 is 30.0 Å². The largest absolute Gasteiger partial charge is 0.508 e. The van der Waals surface area contributed by atoms with Gasteiger partial charge in [-0.15, -0.1) is 0 Å². The summed E-state index contributed by atoms with van der Waals surface area (Å²) in [5.41, 5.74) is 1.01. The average molecular weight is 388 g/mol. The number of carbonyl (C=O) groups excluding carboxylic acids is 1. The lowest BCUT2D eigenvalue weighted by molar-refractivity contribution is -0.0613. The summed E-state index contributed by atoms with van der Waals surface area (Å²) in [5.74, 6) is -1.13. The number of carbonyl (C=O) groups is 1. The number of hydrogen-bond acceptors (Lipinski definition) is 6. The van der Waals surface area contributed by atoms with Crippen molar-refractivity contribution in [3.8, 4) is 34.1 Å². The van der Waals surface area contributed by atoms with Crippen LogP contribution in [0.1, 0.15) is 45.5 Å². The first-order chi connectivity index (χ1) is 13.9. The van der Waals surface area contributed by atoms with Crippen LogP contribution in [-0.4, -0.2) is 26.2 Å². The summed E-state index contributed by atoms with van der Waals surface area (Å²) < 4.78 is 6.27. The molecule has 29 heavy (non-hydrogen) atoms. The number of ether oxygens (including phenoxy) is 1. The number of fused-ring (bicyclic) bond motifs is 5. The van der Waals surface area contributed by atoms with Crippen molar-refractivity contribution in [2.45, 2.75) is 24.0 Å². The Balaban J connectivity index is 1.80. The third-order valence-electron chi connectivity index (χ3n) is 6.38. The fraction of sp³-hybridized carbons (Fsp3) is 0.174. The zero-order valence-corrected chi connectivity index (χ0v) is 15.1. The topological polar surface area (TPSA) is 107 Å². The Hall–Kier alpha value is -3.51. The van der Waals surface area contributed by atoms with Gasteiger partial charge < -0.3 is 25.2 Å². The molecule has 0 saturated heterocycles. The fourth-order valence-electron chi connectivity index (χ4n) is 5.30. The molecular weight excluding hydrogens is 372 g/mol. The highest BCUT2D eigenvalue weighted by atomic mass is 16.5. The van der Waals surface area contributed by atoms with Crippen molar-refractivity contribution >= 4 is 5.78 Å². The molecule has 6 nitrogen and oxygen atoms in total. The number of hydrogen-bond donors (Lipinski definition) is 4. The van der Waals surface area contributed by atoms with Crippen molar-refractivity contribution in [1.29, 1.82) is 0 Å². The molecule has 6 heteroatoms. The van der Waals surface area contributed by atoms with Gasteiger partial charge in [0.15, 0.2) is 5.78 Å². The molecule has 0 fully saturated rings. The number of aromatic hydroxyl groups is 3. The first-order valence-electron chi connectivity index (χ1n) is 9.34. The number of para-hydroxylation sites is 1. The molecule has 2 aliphatic carbocycles. The predicted molar refractivity (Wildman–Crippen MR) is 102 cm³/mol. The summed E-state index contributed by atoms with van der Waals surface area (Å²) in [4.78, 5) is 13.1. The van der Waals surface area contributed by atoms with Crippen LogP contribution in [-0.2, 0) is 5.60 Å². The number of rotatable bonds is 0. The molecule has 0 saturated carbocycles. The molecule has 0 amide bonds. The quantitative estimate of drug-likeness (QED) is 0.470. The minimum absolute atomic E-state index is 0.0311. The summed E-state index contributed by atoms with van der Waals surface area (Å²) in [7, 11) is 0. The molecule has 0 spiro atoms. The van der Waals surface area contributed by atoms with Gasteiger partial charge in [-0.25, -0.2) is 0 Å². The highest BCUT2D eigenvalue weighted by molar-refractivity contribution is 6.06. The SMILES string of the molecule is O=C1CC2(O)c3ccccc3OC3c4cc(O)ccc4-c4c(O)cc(O)c1c4C32. The molecule has 3 aromatic carbocycles. The Morgan fingerprint density at radius 2 is 1.72 bits per heavy atom. The lowest BCUT2D eigenvalue weighted by Gasteiger charge is -2.51. The summed E-state index contributed by atoms with van der Waals surface area (Å²) in [6.45, 7) is 0. The fourth-order valence-corrected chi connectivity index (χ4v) is 5.30. The van der Waals surface area contributed by atoms with Crippen molar-refractivity contribution in [3.05, 3.63) is 70.8 Å². The zero-order chi connectivity index (χ0) is 20.1. The van der Waals surface area contributed by atoms with E-state index in [-0.39, 0.29) is 29.2 Å². The zero-order valence-electron chi connectivity index (χ0n) is 15.1. The van der Waals surface area contributed by atoms with Gasteiger partial charge >= 0.3 is 0 Å². The Morgan fingerprint density at radius 1 is 0.966 bits per heavy atom. The Kier molecular flexibility index (Phi) is 2.89. The van der Waals surface area contributed by atoms with E-state index in [0.717, 1.165) is 6.07 Å². The van der Waals surface area contributed by atoms with Gasteiger partial charge in [-0.05, 0) is 29.3 Å². The van der Waals surface area contributed by atoms with Crippen molar-refractivity contribution in [3.63, 3.8) is 0 Å². The molecule has 3 aliphatic rings. The number of benzene rings is 3. The molecule has 1 heterocycles. The summed E-state index contributed by atoms with van der Waals surface area (Å²) in [6.07, 6.45) is -0.912. The molecule has 0 radical (unpaired) electrons. The summed E-state index contributed by atoms with van der Waals surface area (Å²) in [6, 6.07) is 12.9. The Labute approximate surface area is 165 Å². The molecule has 1 aliphatic heterocycles. The predicted octanol–water partition coefficient (Wildman–Crippen LogP) is 3.48. The van der Waals surface area contributed by atoms with Crippen molar-refractivity contribution in [2.75, 3.05) is 0 Å². The van der Waals surface area contributed by atoms with Crippen LogP contribution in [0.2, 0.25) is 0 Å². The van der Waals surface area contributed by atoms with E-state index in [1.807, 2.05) is 0 Å². The first-order valence-corrected chi connectivity index (χ1v) is 9.34. The smallest absolute Gasteiger partial charge is 0.170 e. The van der Waals surface area contributed by atoms with Gasteiger partial charge in [-0.1, -0.05) is 24.3 Å². The molecule has 6 rings (SSSR count). The van der Waals surface area contributed by atoms with Crippen LogP contribution >= 0.6 is 0 Å². The third kappa shape index (κ3) is 1.87. The third-order valence-corrected chi connectivity index (χ3v) is 6.38. The second kappa shape index (κ2) is 5.10. The number of aliphatic hydroxyl groups is 1. The highest BCUT2D eigenvalue weighted by Crippen LogP contribution is 2.65. The van der Waals surface area contributed by atoms with E-state index in [9.17, 15) is 25.2 Å². The first kappa shape index (κ1) is 16.4. The molecule has 0 aromatic heterocycles. The van der Waals surface area contributed by atoms with Crippen LogP contribution in [0, 0.1) is 0 Å². The molecule has 3 atom stereocenters. The van der Waals surface area contributed by atoms with Crippen LogP contribution in [0.4, 0.5) is 0 Å². The van der Waals surface area contributed by atoms with E-state index < -0.39 is 23.4 Å². The lowest BCUT2D eigenvalue weighted by atomic mass is 9.59. The van der Waals surface area contributed by atoms with Crippen molar-refractivity contribution in [2.24, 2.45) is 0 Å². The maximum atomic E-state index is 13.1. The molecular formula is C23H16O6. The van der Waals surface area contributed by atoms with Gasteiger partial charge in [-0.3, -0.25) is 4.79 Å². The van der Waals surface area contributed by atoms with Gasteiger partial charge in [0.2, 0.25) is 0 Å². The van der Waals surface area contributed by atoms with E-state index in [0.29, 0.717) is 33.6 Å². The van der Waals surface area contributed by atoms with E-state index in [2.05, 4.69) is 0 Å². The van der Waals surface area contributed by atoms with E-state index in [1.165, 1.54) is 6.07 Å². The summed E-state index contributed by atoms with van der Waals surface area (Å²) >= 11 is 0. The average Bonchev–Trinajstić information content (AvgIpc) is 2.67. The monoisotopic (exact) mass is 388 g/mol. The Morgan fingerprint density at radius 3 is 2.55 bits per heavy atom. The number of phenols is 3. The van der Waals surface area contributed by atoms with Crippen molar-refractivity contribution in [1.82, 2.24) is 0 Å². The van der Waals surface area contributed by atoms with E-state index >= 15 is 0 Å². The molecule has 144 valence electrons. The van der Waals surface area contributed by atoms with Gasteiger partial charge in [0.1, 0.15) is 34.7 Å². The molecule has 4 N–H and O–H groups in total. The maximum Gasteiger partial charge on any atom is 0.170 e. The van der Waals surface area contributed by atoms with Gasteiger partial charge in [0.05, 0.1) is 11.5 Å². The molecule has 0 bridgehead atoms. The van der Waals surface area contributed by atoms with Gasteiger partial charge in [-0.2, -0.15) is 0 Å². The normalized spacial score (nSPS) is 25.5. The van der Waals surface area contributed by atoms with E-state index in [1.54, 1.807) is 36.4 Å².